The Labute approximate surface area is 399 Å². The summed E-state index contributed by atoms with van der Waals surface area (Å²) in [6, 6.07) is 6.77. The van der Waals surface area contributed by atoms with Crippen molar-refractivity contribution < 1.29 is 69.9 Å². The van der Waals surface area contributed by atoms with Crippen molar-refractivity contribution in [3.05, 3.63) is 70.8 Å². The lowest BCUT2D eigenvalue weighted by atomic mass is 9.92. The molecule has 24 heteroatoms. The number of alkyl halides is 6. The number of ether oxygens (including phenoxy) is 3. The third-order valence-corrected chi connectivity index (χ3v) is 9.96. The highest BCUT2D eigenvalue weighted by atomic mass is 19.4. The van der Waals surface area contributed by atoms with Gasteiger partial charge in [-0.25, -0.2) is 19.2 Å². The molecule has 18 nitrogen and oxygen atoms in total. The second kappa shape index (κ2) is 20.9. The Morgan fingerprint density at radius 2 is 1.04 bits per heavy atom. The molecule has 70 heavy (non-hydrogen) atoms. The molecule has 2 aliphatic heterocycles. The van der Waals surface area contributed by atoms with Crippen LogP contribution in [0.3, 0.4) is 0 Å². The van der Waals surface area contributed by atoms with Gasteiger partial charge in [0.2, 0.25) is 11.9 Å². The molecular formula is C46H55F6N9O9. The normalized spacial score (nSPS) is 15.5. The Bertz CT molecular complexity index is 2600. The average Bonchev–Trinajstić information content (AvgIpc) is 3.63. The summed E-state index contributed by atoms with van der Waals surface area (Å²) in [4.78, 5) is 59.7. The van der Waals surface area contributed by atoms with Gasteiger partial charge in [0, 0.05) is 43.9 Å². The minimum absolute atomic E-state index is 0.000801. The molecule has 4 amide bonds. The summed E-state index contributed by atoms with van der Waals surface area (Å²) in [6.07, 6.45) is -11.6. The number of hydrogen-bond acceptors (Lipinski definition) is 10. The summed E-state index contributed by atoms with van der Waals surface area (Å²) < 4.78 is 106. The van der Waals surface area contributed by atoms with E-state index in [0.717, 1.165) is 12.1 Å². The van der Waals surface area contributed by atoms with Crippen LogP contribution in [0.2, 0.25) is 0 Å². The number of nitrogens with one attached hydrogen (secondary N) is 2. The quantitative estimate of drug-likeness (QED) is 0.0784. The fourth-order valence-electron chi connectivity index (χ4n) is 7.24. The van der Waals surface area contributed by atoms with E-state index in [0.29, 0.717) is 0 Å². The first-order valence-electron chi connectivity index (χ1n) is 21.8. The number of carbonyl (C=O) groups is 4. The number of aliphatic hydroxyl groups is 1. The van der Waals surface area contributed by atoms with Crippen molar-refractivity contribution in [3.63, 3.8) is 0 Å². The molecule has 0 bridgehead atoms. The van der Waals surface area contributed by atoms with E-state index in [1.165, 1.54) is 50.8 Å². The molecule has 5 rings (SSSR count). The molecule has 3 heterocycles. The third kappa shape index (κ3) is 14.8. The number of hydrogen-bond donors (Lipinski definition) is 4. The maximum Gasteiger partial charge on any atom is 0.437 e. The number of rotatable bonds is 6. The maximum atomic E-state index is 14.9. The summed E-state index contributed by atoms with van der Waals surface area (Å²) in [7, 11) is 0. The average molecular weight is 992 g/mol. The van der Waals surface area contributed by atoms with Gasteiger partial charge in [0.05, 0.1) is 17.7 Å². The zero-order chi connectivity index (χ0) is 52.1. The number of amides is 4. The molecule has 0 radical (unpaired) electrons. The highest BCUT2D eigenvalue weighted by molar-refractivity contribution is 6.00. The van der Waals surface area contributed by atoms with Crippen molar-refractivity contribution in [3.8, 4) is 22.8 Å². The SMILES string of the molecule is CC(C)(C)OC(=O)/N=C(/NC(=O)O)N1CC=C(c2ccc(-c3nnc(-c4ccc(C5=CCN(/C(=N\C(=O)OC(C)(C)C)NC(=O)OC(C)(C)C)CC5)c(C(F)(F)F)c4)n3CCO)cc2C(F)(F)F)CC1. The van der Waals surface area contributed by atoms with Crippen molar-refractivity contribution in [2.75, 3.05) is 32.8 Å². The first-order chi connectivity index (χ1) is 32.3. The minimum Gasteiger partial charge on any atom is -0.465 e. The van der Waals surface area contributed by atoms with Crippen LogP contribution in [0.4, 0.5) is 45.5 Å². The van der Waals surface area contributed by atoms with E-state index in [1.54, 1.807) is 62.3 Å². The van der Waals surface area contributed by atoms with Gasteiger partial charge in [-0.1, -0.05) is 36.4 Å². The standard InChI is InChI=1S/C46H55F6N9O9/c1-42(2,3)68-39(65)54-36(53-38(63)64)59-18-14-26(15-19-59)30-12-10-28(24-32(30)45(47,48)49)34-57-58-35(61(34)22-23-62)29-11-13-31(33(25-29)46(50,51)52)27-16-20-60(21-17-27)37(55-40(66)69-43(4,5)6)56-41(67)70-44(7,8)9/h10-14,16,24-25,62H,15,17-23H2,1-9H3,(H,63,64)(H,53,54,65)(H,55,56,66,67). The summed E-state index contributed by atoms with van der Waals surface area (Å²) >= 11 is 0. The molecule has 2 aromatic carbocycles. The van der Waals surface area contributed by atoms with E-state index in [1.807, 2.05) is 5.32 Å². The molecule has 0 aliphatic carbocycles. The molecule has 0 fully saturated rings. The van der Waals surface area contributed by atoms with Crippen molar-refractivity contribution in [1.29, 1.82) is 0 Å². The molecule has 3 aromatic rings. The first-order valence-corrected chi connectivity index (χ1v) is 21.8. The van der Waals surface area contributed by atoms with Crippen molar-refractivity contribution in [1.82, 2.24) is 35.2 Å². The van der Waals surface area contributed by atoms with Crippen LogP contribution in [-0.2, 0) is 33.1 Å². The summed E-state index contributed by atoms with van der Waals surface area (Å²) in [5.74, 6) is -0.976. The van der Waals surface area contributed by atoms with Crippen LogP contribution in [0.15, 0.2) is 58.5 Å². The first kappa shape index (κ1) is 54.0. The van der Waals surface area contributed by atoms with Gasteiger partial charge in [0.1, 0.15) is 16.8 Å². The predicted molar refractivity (Wildman–Crippen MR) is 244 cm³/mol. The number of carboxylic acid groups (broad SMARTS) is 1. The van der Waals surface area contributed by atoms with Crippen molar-refractivity contribution >= 4 is 47.4 Å². The van der Waals surface area contributed by atoms with Crippen LogP contribution in [0.5, 0.6) is 0 Å². The number of carbonyl (C=O) groups excluding carboxylic acids is 3. The van der Waals surface area contributed by atoms with Crippen LogP contribution in [0, 0.1) is 0 Å². The van der Waals surface area contributed by atoms with Crippen LogP contribution in [-0.4, -0.2) is 121 Å². The zero-order valence-electron chi connectivity index (χ0n) is 39.9. The maximum absolute atomic E-state index is 14.9. The number of halogens is 6. The largest absolute Gasteiger partial charge is 0.465 e. The predicted octanol–water partition coefficient (Wildman–Crippen LogP) is 9.19. The van der Waals surface area contributed by atoms with Crippen LogP contribution < -0.4 is 10.6 Å². The molecule has 0 spiro atoms. The lowest BCUT2D eigenvalue weighted by Crippen LogP contribution is -2.48. The minimum atomic E-state index is -4.93. The Morgan fingerprint density at radius 1 is 0.643 bits per heavy atom. The number of aliphatic imine (C=N–C) groups is 2. The molecular weight excluding hydrogens is 937 g/mol. The molecule has 1 aromatic heterocycles. The third-order valence-electron chi connectivity index (χ3n) is 9.96. The smallest absolute Gasteiger partial charge is 0.437 e. The highest BCUT2D eigenvalue weighted by Gasteiger charge is 2.38. The van der Waals surface area contributed by atoms with Gasteiger partial charge in [-0.05, 0) is 110 Å². The van der Waals surface area contributed by atoms with Crippen LogP contribution >= 0.6 is 0 Å². The molecule has 380 valence electrons. The highest BCUT2D eigenvalue weighted by Crippen LogP contribution is 2.42. The van der Waals surface area contributed by atoms with Crippen molar-refractivity contribution in [2.24, 2.45) is 9.98 Å². The number of aromatic nitrogens is 3. The molecule has 0 atom stereocenters. The van der Waals surface area contributed by atoms with Gasteiger partial charge >= 0.3 is 36.7 Å². The van der Waals surface area contributed by atoms with Crippen LogP contribution in [0.1, 0.15) is 97.4 Å². The van der Waals surface area contributed by atoms with E-state index in [-0.39, 0.29) is 103 Å². The lowest BCUT2D eigenvalue weighted by Gasteiger charge is -2.30. The second-order valence-electron chi connectivity index (χ2n) is 19.0. The van der Waals surface area contributed by atoms with Gasteiger partial charge in [0.25, 0.3) is 0 Å². The number of alkyl carbamates (subject to hydrolysis) is 1. The number of benzene rings is 2. The Hall–Kier alpha value is -6.98. The summed E-state index contributed by atoms with van der Waals surface area (Å²) in [6.45, 7) is 13.3. The fourth-order valence-corrected chi connectivity index (χ4v) is 7.24. The molecule has 2 aliphatic rings. The molecule has 4 N–H and O–H groups in total. The number of nitrogens with zero attached hydrogens (tertiary/aromatic N) is 7. The molecule has 0 unspecified atom stereocenters. The Kier molecular flexibility index (Phi) is 16.1. The summed E-state index contributed by atoms with van der Waals surface area (Å²) in [5.41, 5.74) is -5.03. The number of guanidine groups is 2. The Morgan fingerprint density at radius 3 is 1.37 bits per heavy atom. The topological polar surface area (TPSA) is 222 Å². The van der Waals surface area contributed by atoms with Gasteiger partial charge in [-0.2, -0.15) is 26.3 Å². The summed E-state index contributed by atoms with van der Waals surface area (Å²) in [5, 5.41) is 32.0. The monoisotopic (exact) mass is 991 g/mol. The molecule has 0 saturated heterocycles. The fraction of sp³-hybridized carbons (Fsp3) is 0.478. The second-order valence-corrected chi connectivity index (χ2v) is 19.0. The van der Waals surface area contributed by atoms with Gasteiger partial charge in [-0.3, -0.25) is 10.6 Å². The molecule has 0 saturated carbocycles. The van der Waals surface area contributed by atoms with Gasteiger partial charge in [0.15, 0.2) is 11.6 Å². The van der Waals surface area contributed by atoms with E-state index < -0.39 is 71.3 Å². The Balaban J connectivity index is 1.46. The van der Waals surface area contributed by atoms with Crippen molar-refractivity contribution in [2.45, 2.75) is 111 Å². The van der Waals surface area contributed by atoms with Crippen LogP contribution in [0.25, 0.3) is 33.9 Å². The van der Waals surface area contributed by atoms with E-state index in [9.17, 15) is 55.7 Å². The van der Waals surface area contributed by atoms with Gasteiger partial charge in [-0.15, -0.1) is 20.2 Å². The number of aliphatic hydroxyl groups excluding tert-OH is 1. The zero-order valence-corrected chi connectivity index (χ0v) is 39.9. The van der Waals surface area contributed by atoms with Gasteiger partial charge < -0.3 is 38.8 Å². The van der Waals surface area contributed by atoms with E-state index >= 15 is 0 Å². The van der Waals surface area contributed by atoms with E-state index in [4.69, 9.17) is 14.2 Å². The van der Waals surface area contributed by atoms with E-state index in [2.05, 4.69) is 25.5 Å². The lowest BCUT2D eigenvalue weighted by molar-refractivity contribution is -0.138.